The van der Waals surface area contributed by atoms with Crippen LogP contribution in [-0.2, 0) is 0 Å². The molecule has 2 aromatic rings. The first-order valence-electron chi connectivity index (χ1n) is 6.48. The van der Waals surface area contributed by atoms with Gasteiger partial charge in [-0.3, -0.25) is 4.99 Å². The summed E-state index contributed by atoms with van der Waals surface area (Å²) in [6.07, 6.45) is 1.66. The van der Waals surface area contributed by atoms with E-state index in [1.165, 1.54) is 0 Å². The summed E-state index contributed by atoms with van der Waals surface area (Å²) in [6.45, 7) is 2.47. The molecule has 0 saturated carbocycles. The first kappa shape index (κ1) is 15.4. The number of halogens is 1. The molecule has 0 amide bonds. The summed E-state index contributed by atoms with van der Waals surface area (Å²) in [7, 11) is 1.59. The summed E-state index contributed by atoms with van der Waals surface area (Å²) < 4.78 is 11.7. The van der Waals surface area contributed by atoms with Gasteiger partial charge in [-0.1, -0.05) is 12.1 Å². The lowest BCUT2D eigenvalue weighted by molar-refractivity contribution is 0.309. The van der Waals surface area contributed by atoms with E-state index in [4.69, 9.17) is 9.47 Å². The van der Waals surface area contributed by atoms with Crippen molar-refractivity contribution in [2.75, 3.05) is 13.7 Å². The summed E-state index contributed by atoms with van der Waals surface area (Å²) in [6, 6.07) is 10.6. The molecule has 0 heterocycles. The molecule has 0 radical (unpaired) electrons. The van der Waals surface area contributed by atoms with Gasteiger partial charge in [0.25, 0.3) is 0 Å². The fourth-order valence-corrected chi connectivity index (χ4v) is 2.39. The summed E-state index contributed by atoms with van der Waals surface area (Å²) in [4.78, 5) is 4.28. The van der Waals surface area contributed by atoms with Crippen LogP contribution in [0.15, 0.2) is 45.9 Å². The smallest absolute Gasteiger partial charge is 0.175 e. The fraction of sp³-hybridized carbons (Fsp3) is 0.188. The van der Waals surface area contributed by atoms with Gasteiger partial charge in [0.05, 0.1) is 18.2 Å². The lowest BCUT2D eigenvalue weighted by Gasteiger charge is -2.12. The zero-order valence-electron chi connectivity index (χ0n) is 11.8. The first-order valence-corrected chi connectivity index (χ1v) is 7.27. The monoisotopic (exact) mass is 349 g/mol. The van der Waals surface area contributed by atoms with Crippen molar-refractivity contribution in [3.8, 4) is 17.2 Å². The third-order valence-corrected chi connectivity index (χ3v) is 3.36. The molecule has 2 rings (SSSR count). The predicted molar refractivity (Wildman–Crippen MR) is 87.2 cm³/mol. The molecule has 0 saturated heterocycles. The fourth-order valence-electron chi connectivity index (χ4n) is 1.82. The molecule has 0 atom stereocenters. The van der Waals surface area contributed by atoms with E-state index in [-0.39, 0.29) is 5.75 Å². The molecular weight excluding hydrogens is 334 g/mol. The Kier molecular flexibility index (Phi) is 5.22. The third kappa shape index (κ3) is 3.76. The van der Waals surface area contributed by atoms with Gasteiger partial charge in [0.2, 0.25) is 0 Å². The molecule has 0 aliphatic carbocycles. The van der Waals surface area contributed by atoms with Crippen molar-refractivity contribution in [3.63, 3.8) is 0 Å². The molecule has 21 heavy (non-hydrogen) atoms. The van der Waals surface area contributed by atoms with Crippen molar-refractivity contribution in [1.29, 1.82) is 0 Å². The number of ether oxygens (including phenoxy) is 2. The molecule has 1 N–H and O–H groups in total. The average molecular weight is 350 g/mol. The van der Waals surface area contributed by atoms with Crippen molar-refractivity contribution in [1.82, 2.24) is 0 Å². The molecule has 0 unspecified atom stereocenters. The van der Waals surface area contributed by atoms with Gasteiger partial charge in [0.1, 0.15) is 11.4 Å². The molecular formula is C16H16BrNO3. The summed E-state index contributed by atoms with van der Waals surface area (Å²) in [5.41, 5.74) is 1.35. The van der Waals surface area contributed by atoms with Crippen LogP contribution in [-0.4, -0.2) is 25.0 Å². The van der Waals surface area contributed by atoms with Crippen LogP contribution in [0.5, 0.6) is 17.2 Å². The topological polar surface area (TPSA) is 51.0 Å². The summed E-state index contributed by atoms with van der Waals surface area (Å²) >= 11 is 3.46. The number of benzene rings is 2. The highest BCUT2D eigenvalue weighted by molar-refractivity contribution is 9.10. The number of aromatic hydroxyl groups is 1. The van der Waals surface area contributed by atoms with E-state index in [9.17, 15) is 5.11 Å². The quantitative estimate of drug-likeness (QED) is 0.818. The third-order valence-electron chi connectivity index (χ3n) is 2.77. The van der Waals surface area contributed by atoms with Crippen LogP contribution in [0, 0.1) is 0 Å². The second kappa shape index (κ2) is 7.13. The Morgan fingerprint density at radius 2 is 2.05 bits per heavy atom. The number of hydrogen-bond acceptors (Lipinski definition) is 4. The van der Waals surface area contributed by atoms with Crippen LogP contribution >= 0.6 is 15.9 Å². The van der Waals surface area contributed by atoms with E-state index in [1.54, 1.807) is 31.5 Å². The highest BCUT2D eigenvalue weighted by Crippen LogP contribution is 2.36. The zero-order chi connectivity index (χ0) is 15.2. The van der Waals surface area contributed by atoms with E-state index in [0.717, 1.165) is 10.0 Å². The minimum atomic E-state index is 0.144. The molecule has 0 bridgehead atoms. The lowest BCUT2D eigenvalue weighted by Crippen LogP contribution is -1.97. The van der Waals surface area contributed by atoms with E-state index in [2.05, 4.69) is 20.9 Å². The predicted octanol–water partition coefficient (Wildman–Crippen LogP) is 4.31. The second-order valence-corrected chi connectivity index (χ2v) is 5.07. The van der Waals surface area contributed by atoms with Crippen LogP contribution < -0.4 is 9.47 Å². The van der Waals surface area contributed by atoms with Gasteiger partial charge >= 0.3 is 0 Å². The maximum atomic E-state index is 9.69. The normalized spacial score (nSPS) is 10.8. The van der Waals surface area contributed by atoms with Crippen molar-refractivity contribution in [2.45, 2.75) is 6.92 Å². The Balaban J connectivity index is 2.33. The molecule has 110 valence electrons. The number of nitrogens with zero attached hydrogens (tertiary/aromatic N) is 1. The Morgan fingerprint density at radius 3 is 2.71 bits per heavy atom. The van der Waals surface area contributed by atoms with Crippen molar-refractivity contribution in [2.24, 2.45) is 4.99 Å². The van der Waals surface area contributed by atoms with Crippen molar-refractivity contribution < 1.29 is 14.6 Å². The number of para-hydroxylation sites is 2. The molecule has 0 fully saturated rings. The lowest BCUT2D eigenvalue weighted by atomic mass is 10.2. The Labute approximate surface area is 132 Å². The van der Waals surface area contributed by atoms with E-state index < -0.39 is 0 Å². The van der Waals surface area contributed by atoms with Crippen LogP contribution in [0.1, 0.15) is 12.5 Å². The van der Waals surface area contributed by atoms with Gasteiger partial charge in [-0.05, 0) is 52.7 Å². The largest absolute Gasteiger partial charge is 0.506 e. The van der Waals surface area contributed by atoms with Crippen LogP contribution in [0.2, 0.25) is 0 Å². The molecule has 0 aliphatic rings. The number of phenolic OH excluding ortho intramolecular Hbond substituents is 1. The average Bonchev–Trinajstić information content (AvgIpc) is 2.48. The molecule has 0 spiro atoms. The van der Waals surface area contributed by atoms with E-state index in [1.807, 2.05) is 25.1 Å². The number of methoxy groups -OCH3 is 1. The molecule has 4 nitrogen and oxygen atoms in total. The maximum Gasteiger partial charge on any atom is 0.175 e. The van der Waals surface area contributed by atoms with Gasteiger partial charge < -0.3 is 14.6 Å². The Bertz CT molecular complexity index is 656. The van der Waals surface area contributed by atoms with Crippen LogP contribution in [0.3, 0.4) is 0 Å². The van der Waals surface area contributed by atoms with E-state index >= 15 is 0 Å². The number of aliphatic imine (C=N–C) groups is 1. The van der Waals surface area contributed by atoms with Crippen LogP contribution in [0.25, 0.3) is 0 Å². The van der Waals surface area contributed by atoms with Gasteiger partial charge in [0, 0.05) is 6.21 Å². The SMILES string of the molecule is CCOc1c(Br)cc(C=Nc2ccccc2O)cc1OC. The van der Waals surface area contributed by atoms with Crippen molar-refractivity contribution in [3.05, 3.63) is 46.4 Å². The highest BCUT2D eigenvalue weighted by Gasteiger charge is 2.10. The highest BCUT2D eigenvalue weighted by atomic mass is 79.9. The standard InChI is InChI=1S/C16H16BrNO3/c1-3-21-16-12(17)8-11(9-15(16)20-2)10-18-13-6-4-5-7-14(13)19/h4-10,19H,3H2,1-2H3. The van der Waals surface area contributed by atoms with Gasteiger partial charge in [0.15, 0.2) is 11.5 Å². The first-order chi connectivity index (χ1) is 10.2. The molecule has 0 aliphatic heterocycles. The maximum absolute atomic E-state index is 9.69. The second-order valence-electron chi connectivity index (χ2n) is 4.21. The van der Waals surface area contributed by atoms with Crippen molar-refractivity contribution >= 4 is 27.8 Å². The zero-order valence-corrected chi connectivity index (χ0v) is 13.4. The number of phenols is 1. The summed E-state index contributed by atoms with van der Waals surface area (Å²) in [5.74, 6) is 1.44. The Hall–Kier alpha value is -2.01. The van der Waals surface area contributed by atoms with Gasteiger partial charge in [-0.15, -0.1) is 0 Å². The molecule has 2 aromatic carbocycles. The van der Waals surface area contributed by atoms with Gasteiger partial charge in [-0.25, -0.2) is 0 Å². The minimum Gasteiger partial charge on any atom is -0.506 e. The number of hydrogen-bond donors (Lipinski definition) is 1. The van der Waals surface area contributed by atoms with Crippen LogP contribution in [0.4, 0.5) is 5.69 Å². The molecule has 0 aromatic heterocycles. The molecule has 5 heteroatoms. The summed E-state index contributed by atoms with van der Waals surface area (Å²) in [5, 5.41) is 9.69. The van der Waals surface area contributed by atoms with Gasteiger partial charge in [-0.2, -0.15) is 0 Å². The van der Waals surface area contributed by atoms with E-state index in [0.29, 0.717) is 23.8 Å². The number of rotatable bonds is 5. The Morgan fingerprint density at radius 1 is 1.29 bits per heavy atom. The minimum absolute atomic E-state index is 0.144.